The SMILES string of the molecule is O=[35S](=O)(O)c1ccc(Cl)c(Cl)c1. The van der Waals surface area contributed by atoms with Crippen molar-refractivity contribution in [3.8, 4) is 0 Å². The average molecular weight is 230 g/mol. The quantitative estimate of drug-likeness (QED) is 0.752. The van der Waals surface area contributed by atoms with Crippen LogP contribution < -0.4 is 0 Å². The van der Waals surface area contributed by atoms with Crippen molar-refractivity contribution in [3.05, 3.63) is 28.2 Å². The monoisotopic (exact) mass is 229 g/mol. The predicted molar refractivity (Wildman–Crippen MR) is 46.3 cm³/mol. The second-order valence-electron chi connectivity index (χ2n) is 2.05. The molecule has 0 fully saturated rings. The first-order valence-electron chi connectivity index (χ1n) is 2.84. The molecule has 0 aromatic heterocycles. The molecule has 0 saturated carbocycles. The Kier molecular flexibility index (Phi) is 2.63. The molecule has 0 atom stereocenters. The van der Waals surface area contributed by atoms with E-state index in [2.05, 4.69) is 0 Å². The molecule has 0 radical (unpaired) electrons. The van der Waals surface area contributed by atoms with Gasteiger partial charge in [-0.2, -0.15) is 8.42 Å². The molecule has 0 saturated heterocycles. The fourth-order valence-electron chi connectivity index (χ4n) is 0.637. The van der Waals surface area contributed by atoms with Crippen LogP contribution >= 0.6 is 23.2 Å². The summed E-state index contributed by atoms with van der Waals surface area (Å²) in [5.41, 5.74) is 0. The van der Waals surface area contributed by atoms with Crippen LogP contribution in [0.1, 0.15) is 0 Å². The molecular formula is C6H4Cl2O3S. The zero-order valence-corrected chi connectivity index (χ0v) is 7.99. The van der Waals surface area contributed by atoms with Gasteiger partial charge in [0.1, 0.15) is 0 Å². The van der Waals surface area contributed by atoms with E-state index in [9.17, 15) is 8.42 Å². The van der Waals surface area contributed by atoms with Crippen LogP contribution in [0, 0.1) is 0 Å². The molecule has 0 spiro atoms. The Labute approximate surface area is 79.7 Å². The molecule has 0 heterocycles. The first-order chi connectivity index (χ1) is 5.41. The Bertz CT molecular complexity index is 399. The molecule has 1 aromatic carbocycles. The second kappa shape index (κ2) is 3.22. The Morgan fingerprint density at radius 1 is 1.17 bits per heavy atom. The molecule has 1 rings (SSSR count). The summed E-state index contributed by atoms with van der Waals surface area (Å²) in [4.78, 5) is -0.267. The third-order valence-electron chi connectivity index (χ3n) is 1.19. The maximum absolute atomic E-state index is 10.6. The Morgan fingerprint density at radius 3 is 2.17 bits per heavy atom. The average Bonchev–Trinajstić information content (AvgIpc) is 1.92. The van der Waals surface area contributed by atoms with Gasteiger partial charge in [0.2, 0.25) is 0 Å². The summed E-state index contributed by atoms with van der Waals surface area (Å²) in [7, 11) is -4.19. The van der Waals surface area contributed by atoms with Gasteiger partial charge in [-0.15, -0.1) is 0 Å². The van der Waals surface area contributed by atoms with E-state index >= 15 is 0 Å². The van der Waals surface area contributed by atoms with Gasteiger partial charge in [-0.3, -0.25) is 4.55 Å². The fraction of sp³-hybridized carbons (Fsp3) is 0. The van der Waals surface area contributed by atoms with Gasteiger partial charge in [-0.05, 0) is 18.2 Å². The summed E-state index contributed by atoms with van der Waals surface area (Å²) in [6, 6.07) is 3.55. The molecular weight excluding hydrogens is 226 g/mol. The van der Waals surface area contributed by atoms with Gasteiger partial charge in [0.25, 0.3) is 10.1 Å². The molecule has 3 nitrogen and oxygen atoms in total. The molecule has 1 aromatic rings. The van der Waals surface area contributed by atoms with Crippen molar-refractivity contribution < 1.29 is 13.0 Å². The highest BCUT2D eigenvalue weighted by Gasteiger charge is 2.10. The number of halogens is 2. The third kappa shape index (κ3) is 2.10. The minimum absolute atomic E-state index is 0.0896. The second-order valence-corrected chi connectivity index (χ2v) is 4.29. The predicted octanol–water partition coefficient (Wildman–Crippen LogP) is 2.24. The smallest absolute Gasteiger partial charge is 0.282 e. The zero-order chi connectivity index (χ0) is 9.35. The van der Waals surface area contributed by atoms with Crippen molar-refractivity contribution in [3.63, 3.8) is 0 Å². The van der Waals surface area contributed by atoms with Crippen LogP contribution in [0.3, 0.4) is 0 Å². The van der Waals surface area contributed by atoms with E-state index in [1.807, 2.05) is 0 Å². The highest BCUT2D eigenvalue weighted by atomic mass is 35.5. The summed E-state index contributed by atoms with van der Waals surface area (Å²) in [5, 5.41) is 0.329. The van der Waals surface area contributed by atoms with Crippen LogP contribution in [0.4, 0.5) is 0 Å². The molecule has 1 N–H and O–H groups in total. The number of hydrogen-bond acceptors (Lipinski definition) is 2. The van der Waals surface area contributed by atoms with Crippen molar-refractivity contribution in [2.45, 2.75) is 4.90 Å². The van der Waals surface area contributed by atoms with Crippen molar-refractivity contribution in [1.29, 1.82) is 0 Å². The van der Waals surface area contributed by atoms with E-state index in [-0.39, 0.29) is 14.9 Å². The van der Waals surface area contributed by atoms with Crippen LogP contribution in [0.5, 0.6) is 0 Å². The van der Waals surface area contributed by atoms with Crippen molar-refractivity contribution in [2.24, 2.45) is 0 Å². The highest BCUT2D eigenvalue weighted by Crippen LogP contribution is 2.24. The summed E-state index contributed by atoms with van der Waals surface area (Å²) in [5.74, 6) is 0. The molecule has 0 aliphatic rings. The Hall–Kier alpha value is -0.290. The van der Waals surface area contributed by atoms with Gasteiger partial charge >= 0.3 is 0 Å². The molecule has 0 aliphatic heterocycles. The van der Waals surface area contributed by atoms with E-state index in [4.69, 9.17) is 27.8 Å². The molecule has 66 valence electrons. The van der Waals surface area contributed by atoms with Gasteiger partial charge in [0, 0.05) is 0 Å². The van der Waals surface area contributed by atoms with Crippen LogP contribution in [0.25, 0.3) is 0 Å². The summed E-state index contributed by atoms with van der Waals surface area (Å²) >= 11 is 11.0. The van der Waals surface area contributed by atoms with Crippen molar-refractivity contribution >= 4 is 33.3 Å². The lowest BCUT2D eigenvalue weighted by molar-refractivity contribution is 0.483. The van der Waals surface area contributed by atoms with Gasteiger partial charge in [0.05, 0.1) is 14.9 Å². The van der Waals surface area contributed by atoms with E-state index < -0.39 is 10.1 Å². The van der Waals surface area contributed by atoms with E-state index in [1.54, 1.807) is 0 Å². The topological polar surface area (TPSA) is 54.4 Å². The minimum atomic E-state index is -4.19. The van der Waals surface area contributed by atoms with E-state index in [0.717, 1.165) is 6.07 Å². The van der Waals surface area contributed by atoms with Crippen LogP contribution in [0.2, 0.25) is 10.0 Å². The normalized spacial score (nSPS) is 11.6. The zero-order valence-electron chi connectivity index (χ0n) is 5.66. The number of benzene rings is 1. The minimum Gasteiger partial charge on any atom is -0.282 e. The molecule has 0 aliphatic carbocycles. The highest BCUT2D eigenvalue weighted by molar-refractivity contribution is 7.85. The number of hydrogen-bond donors (Lipinski definition) is 1. The molecule has 0 unspecified atom stereocenters. The standard InChI is InChI=1S/C6H4Cl2O3S/c7-5-2-1-4(3-6(5)8)12(9,10)11/h1-3H,(H,9,10,11)/i12+3. The van der Waals surface area contributed by atoms with E-state index in [0.29, 0.717) is 0 Å². The van der Waals surface area contributed by atoms with Gasteiger partial charge in [-0.25, -0.2) is 0 Å². The molecule has 0 amide bonds. The summed E-state index contributed by atoms with van der Waals surface area (Å²) < 4.78 is 29.7. The molecule has 0 bridgehead atoms. The Morgan fingerprint density at radius 2 is 1.75 bits per heavy atom. The maximum atomic E-state index is 10.6. The maximum Gasteiger partial charge on any atom is 0.294 e. The lowest BCUT2D eigenvalue weighted by atomic mass is 10.4. The fourth-order valence-corrected chi connectivity index (χ4v) is 1.51. The van der Waals surface area contributed by atoms with Crippen LogP contribution in [-0.2, 0) is 10.1 Å². The largest absolute Gasteiger partial charge is 0.294 e. The van der Waals surface area contributed by atoms with Gasteiger partial charge in [-0.1, -0.05) is 23.2 Å². The van der Waals surface area contributed by atoms with Crippen molar-refractivity contribution in [1.82, 2.24) is 0 Å². The van der Waals surface area contributed by atoms with E-state index in [1.165, 1.54) is 12.1 Å². The summed E-state index contributed by atoms with van der Waals surface area (Å²) in [6.45, 7) is 0. The van der Waals surface area contributed by atoms with Gasteiger partial charge in [0.15, 0.2) is 0 Å². The van der Waals surface area contributed by atoms with Crippen molar-refractivity contribution in [2.75, 3.05) is 0 Å². The lowest BCUT2D eigenvalue weighted by Gasteiger charge is -1.98. The lowest BCUT2D eigenvalue weighted by Crippen LogP contribution is -1.97. The van der Waals surface area contributed by atoms with Crippen LogP contribution in [-0.4, -0.2) is 13.0 Å². The summed E-state index contributed by atoms with van der Waals surface area (Å²) in [6.07, 6.45) is 0. The molecule has 6 heteroatoms. The van der Waals surface area contributed by atoms with Gasteiger partial charge < -0.3 is 0 Å². The third-order valence-corrected chi connectivity index (χ3v) is 2.78. The first kappa shape index (κ1) is 9.80. The molecule has 12 heavy (non-hydrogen) atoms. The first-order valence-corrected chi connectivity index (χ1v) is 5.03. The number of rotatable bonds is 1. The Balaban J connectivity index is 3.33. The van der Waals surface area contributed by atoms with Crippen LogP contribution in [0.15, 0.2) is 23.1 Å².